The molecule has 0 aliphatic carbocycles. The first-order chi connectivity index (χ1) is 13.8. The Morgan fingerprint density at radius 1 is 0.931 bits per heavy atom. The van der Waals surface area contributed by atoms with E-state index in [-0.39, 0.29) is 29.0 Å². The second-order valence-electron chi connectivity index (χ2n) is 6.28. The number of benzene rings is 2. The standard InChI is InChI=1S/C19H20N4O6/c1-2-5-15(21-19(25)14-7-4-9-17(11-14)23(28)29)12-20-18(24)13-6-3-8-16(10-13)22(26)27/h3-4,6-11,15H,2,5,12H2,1H3,(H,20,24)(H,21,25). The van der Waals surface area contributed by atoms with E-state index in [1.165, 1.54) is 48.5 Å². The van der Waals surface area contributed by atoms with Gasteiger partial charge >= 0.3 is 0 Å². The molecule has 0 spiro atoms. The van der Waals surface area contributed by atoms with Crippen LogP contribution in [0.25, 0.3) is 0 Å². The molecule has 0 fully saturated rings. The van der Waals surface area contributed by atoms with E-state index in [1.54, 1.807) is 0 Å². The van der Waals surface area contributed by atoms with Crippen LogP contribution in [0.4, 0.5) is 11.4 Å². The molecular weight excluding hydrogens is 380 g/mol. The highest BCUT2D eigenvalue weighted by atomic mass is 16.6. The van der Waals surface area contributed by atoms with Crippen LogP contribution in [0.2, 0.25) is 0 Å². The first-order valence-electron chi connectivity index (χ1n) is 8.89. The van der Waals surface area contributed by atoms with E-state index >= 15 is 0 Å². The predicted octanol–water partition coefficient (Wildman–Crippen LogP) is 2.83. The van der Waals surface area contributed by atoms with E-state index < -0.39 is 27.7 Å². The second-order valence-corrected chi connectivity index (χ2v) is 6.28. The van der Waals surface area contributed by atoms with Crippen molar-refractivity contribution in [3.05, 3.63) is 79.9 Å². The minimum absolute atomic E-state index is 0.107. The van der Waals surface area contributed by atoms with Gasteiger partial charge in [0.2, 0.25) is 0 Å². The van der Waals surface area contributed by atoms with Crippen molar-refractivity contribution < 1.29 is 19.4 Å². The zero-order valence-electron chi connectivity index (χ0n) is 15.7. The molecule has 0 aromatic heterocycles. The molecule has 2 amide bonds. The van der Waals surface area contributed by atoms with Gasteiger partial charge in [0.15, 0.2) is 0 Å². The number of carbonyl (C=O) groups excluding carboxylic acids is 2. The maximum atomic E-state index is 12.4. The first kappa shape index (κ1) is 21.5. The van der Waals surface area contributed by atoms with Gasteiger partial charge in [-0.05, 0) is 18.6 Å². The third kappa shape index (κ3) is 6.09. The van der Waals surface area contributed by atoms with Crippen molar-refractivity contribution in [2.24, 2.45) is 0 Å². The van der Waals surface area contributed by atoms with Crippen LogP contribution >= 0.6 is 0 Å². The third-order valence-corrected chi connectivity index (χ3v) is 4.12. The van der Waals surface area contributed by atoms with Crippen LogP contribution in [-0.2, 0) is 0 Å². The average Bonchev–Trinajstić information content (AvgIpc) is 2.72. The summed E-state index contributed by atoms with van der Waals surface area (Å²) < 4.78 is 0. The smallest absolute Gasteiger partial charge is 0.270 e. The van der Waals surface area contributed by atoms with Crippen LogP contribution in [0.5, 0.6) is 0 Å². The van der Waals surface area contributed by atoms with Crippen LogP contribution in [-0.4, -0.2) is 34.2 Å². The van der Waals surface area contributed by atoms with Gasteiger partial charge in [0, 0.05) is 48.0 Å². The van der Waals surface area contributed by atoms with Gasteiger partial charge < -0.3 is 10.6 Å². The highest BCUT2D eigenvalue weighted by molar-refractivity contribution is 5.96. The number of nitrogens with one attached hydrogen (secondary N) is 2. The molecule has 2 N–H and O–H groups in total. The van der Waals surface area contributed by atoms with Crippen molar-refractivity contribution in [3.8, 4) is 0 Å². The molecule has 0 saturated carbocycles. The molecule has 1 atom stereocenters. The number of non-ortho nitro benzene ring substituents is 2. The number of rotatable bonds is 9. The highest BCUT2D eigenvalue weighted by Gasteiger charge is 2.17. The van der Waals surface area contributed by atoms with Crippen LogP contribution in [0.3, 0.4) is 0 Å². The van der Waals surface area contributed by atoms with E-state index in [2.05, 4.69) is 10.6 Å². The molecule has 29 heavy (non-hydrogen) atoms. The van der Waals surface area contributed by atoms with Crippen molar-refractivity contribution in [3.63, 3.8) is 0 Å². The molecule has 0 saturated heterocycles. The molecule has 0 aliphatic rings. The number of hydrogen-bond acceptors (Lipinski definition) is 6. The molecule has 152 valence electrons. The molecular formula is C19H20N4O6. The lowest BCUT2D eigenvalue weighted by Gasteiger charge is -2.19. The van der Waals surface area contributed by atoms with Crippen LogP contribution < -0.4 is 10.6 Å². The van der Waals surface area contributed by atoms with Gasteiger partial charge in [-0.1, -0.05) is 25.5 Å². The number of amides is 2. The quantitative estimate of drug-likeness (QED) is 0.489. The fourth-order valence-corrected chi connectivity index (χ4v) is 2.68. The summed E-state index contributed by atoms with van der Waals surface area (Å²) in [6, 6.07) is 10.3. The zero-order chi connectivity index (χ0) is 21.4. The Kier molecular flexibility index (Phi) is 7.35. The molecule has 1 unspecified atom stereocenters. The maximum absolute atomic E-state index is 12.4. The average molecular weight is 400 g/mol. The lowest BCUT2D eigenvalue weighted by atomic mass is 10.1. The fraction of sp³-hybridized carbons (Fsp3) is 0.263. The van der Waals surface area contributed by atoms with Crippen molar-refractivity contribution in [1.82, 2.24) is 10.6 Å². The lowest BCUT2D eigenvalue weighted by molar-refractivity contribution is -0.385. The topological polar surface area (TPSA) is 144 Å². The largest absolute Gasteiger partial charge is 0.350 e. The summed E-state index contributed by atoms with van der Waals surface area (Å²) in [6.07, 6.45) is 1.29. The first-order valence-corrected chi connectivity index (χ1v) is 8.89. The minimum atomic E-state index is -0.587. The Hall–Kier alpha value is -3.82. The predicted molar refractivity (Wildman–Crippen MR) is 105 cm³/mol. The molecule has 0 aliphatic heterocycles. The van der Waals surface area contributed by atoms with Gasteiger partial charge in [-0.25, -0.2) is 0 Å². The SMILES string of the molecule is CCCC(CNC(=O)c1cccc([N+](=O)[O-])c1)NC(=O)c1cccc([N+](=O)[O-])c1. The molecule has 10 nitrogen and oxygen atoms in total. The van der Waals surface area contributed by atoms with Gasteiger partial charge in [-0.15, -0.1) is 0 Å². The summed E-state index contributed by atoms with van der Waals surface area (Å²) in [4.78, 5) is 45.2. The normalized spacial score (nSPS) is 11.3. The van der Waals surface area contributed by atoms with E-state index in [0.29, 0.717) is 6.42 Å². The van der Waals surface area contributed by atoms with E-state index in [4.69, 9.17) is 0 Å². The van der Waals surface area contributed by atoms with E-state index in [0.717, 1.165) is 6.42 Å². The summed E-state index contributed by atoms with van der Waals surface area (Å²) in [5.74, 6) is -0.990. The van der Waals surface area contributed by atoms with Crippen LogP contribution in [0.1, 0.15) is 40.5 Å². The molecule has 10 heteroatoms. The van der Waals surface area contributed by atoms with Gasteiger partial charge in [-0.3, -0.25) is 29.8 Å². The van der Waals surface area contributed by atoms with E-state index in [1.807, 2.05) is 6.92 Å². The Morgan fingerprint density at radius 3 is 1.93 bits per heavy atom. The summed E-state index contributed by atoms with van der Waals surface area (Å²) >= 11 is 0. The molecule has 2 aromatic carbocycles. The van der Waals surface area contributed by atoms with Crippen molar-refractivity contribution in [2.45, 2.75) is 25.8 Å². The van der Waals surface area contributed by atoms with Crippen molar-refractivity contribution >= 4 is 23.2 Å². The molecule has 0 radical (unpaired) electrons. The summed E-state index contributed by atoms with van der Waals surface area (Å²) in [7, 11) is 0. The van der Waals surface area contributed by atoms with Crippen molar-refractivity contribution in [1.29, 1.82) is 0 Å². The number of nitro benzene ring substituents is 2. The number of nitrogens with zero attached hydrogens (tertiary/aromatic N) is 2. The van der Waals surface area contributed by atoms with Gasteiger partial charge in [0.1, 0.15) is 0 Å². The summed E-state index contributed by atoms with van der Waals surface area (Å²) in [5, 5.41) is 27.1. The van der Waals surface area contributed by atoms with Crippen LogP contribution in [0.15, 0.2) is 48.5 Å². The number of carbonyl (C=O) groups is 2. The Morgan fingerprint density at radius 2 is 1.45 bits per heavy atom. The molecule has 2 aromatic rings. The third-order valence-electron chi connectivity index (χ3n) is 4.12. The van der Waals surface area contributed by atoms with Gasteiger partial charge in [0.05, 0.1) is 9.85 Å². The van der Waals surface area contributed by atoms with Gasteiger partial charge in [0.25, 0.3) is 23.2 Å². The summed E-state index contributed by atoms with van der Waals surface area (Å²) in [6.45, 7) is 2.02. The monoisotopic (exact) mass is 400 g/mol. The Balaban J connectivity index is 2.02. The Bertz CT molecular complexity index is 930. The fourth-order valence-electron chi connectivity index (χ4n) is 2.68. The second kappa shape index (κ2) is 9.93. The van der Waals surface area contributed by atoms with Crippen LogP contribution in [0, 0.1) is 20.2 Å². The maximum Gasteiger partial charge on any atom is 0.270 e. The summed E-state index contributed by atoms with van der Waals surface area (Å²) in [5.41, 5.74) is -0.102. The molecule has 0 heterocycles. The minimum Gasteiger partial charge on any atom is -0.350 e. The number of hydrogen-bond donors (Lipinski definition) is 2. The lowest BCUT2D eigenvalue weighted by Crippen LogP contribution is -2.43. The Labute approximate surface area is 166 Å². The number of nitro groups is 2. The highest BCUT2D eigenvalue weighted by Crippen LogP contribution is 2.14. The molecule has 0 bridgehead atoms. The van der Waals surface area contributed by atoms with Crippen molar-refractivity contribution in [2.75, 3.05) is 6.54 Å². The van der Waals surface area contributed by atoms with Gasteiger partial charge in [-0.2, -0.15) is 0 Å². The zero-order valence-corrected chi connectivity index (χ0v) is 15.7. The van der Waals surface area contributed by atoms with E-state index in [9.17, 15) is 29.8 Å². The molecule has 2 rings (SSSR count).